The highest BCUT2D eigenvalue weighted by molar-refractivity contribution is 6.35. The maximum Gasteiger partial charge on any atom is 0.226 e. The number of anilines is 2. The lowest BCUT2D eigenvalue weighted by molar-refractivity contribution is -0.115. The van der Waals surface area contributed by atoms with Gasteiger partial charge in [-0.15, -0.1) is 0 Å². The van der Waals surface area contributed by atoms with Crippen molar-refractivity contribution >= 4 is 40.5 Å². The minimum atomic E-state index is -0.0405. The molecule has 2 aromatic carbocycles. The Balaban J connectivity index is 1.81. The minimum absolute atomic E-state index is 0.0405. The van der Waals surface area contributed by atoms with Crippen LogP contribution in [-0.4, -0.2) is 12.5 Å². The maximum atomic E-state index is 11.8. The van der Waals surface area contributed by atoms with E-state index in [0.29, 0.717) is 23.0 Å². The third-order valence-corrected chi connectivity index (χ3v) is 3.28. The Kier molecular flexibility index (Phi) is 5.48. The molecule has 0 unspecified atom stereocenters. The molecule has 0 atom stereocenters. The topological polar surface area (TPSA) is 41.1 Å². The molecule has 0 spiro atoms. The molecule has 0 bridgehead atoms. The van der Waals surface area contributed by atoms with E-state index in [2.05, 4.69) is 10.6 Å². The summed E-state index contributed by atoms with van der Waals surface area (Å²) in [4.78, 5) is 11.8. The normalized spacial score (nSPS) is 10.2. The summed E-state index contributed by atoms with van der Waals surface area (Å²) < 4.78 is 0. The molecule has 0 heterocycles. The largest absolute Gasteiger partial charge is 0.384 e. The monoisotopic (exact) mass is 322 g/mol. The molecule has 1 amide bonds. The smallest absolute Gasteiger partial charge is 0.226 e. The van der Waals surface area contributed by atoms with E-state index in [4.69, 9.17) is 23.2 Å². The van der Waals surface area contributed by atoms with Gasteiger partial charge >= 0.3 is 0 Å². The molecule has 5 heteroatoms. The van der Waals surface area contributed by atoms with Crippen LogP contribution in [0, 0.1) is 6.92 Å². The number of aryl methyl sites for hydroxylation is 1. The van der Waals surface area contributed by atoms with Crippen molar-refractivity contribution in [3.8, 4) is 0 Å². The molecule has 0 saturated carbocycles. The molecule has 0 aliphatic heterocycles. The lowest BCUT2D eigenvalue weighted by atomic mass is 10.2. The van der Waals surface area contributed by atoms with Crippen LogP contribution in [0.3, 0.4) is 0 Å². The molecular formula is C16H16Cl2N2O. The first-order chi connectivity index (χ1) is 10.0. The summed E-state index contributed by atoms with van der Waals surface area (Å²) in [5.41, 5.74) is 2.72. The Morgan fingerprint density at radius 2 is 1.76 bits per heavy atom. The summed E-state index contributed by atoms with van der Waals surface area (Å²) in [6.45, 7) is 2.49. The van der Waals surface area contributed by atoms with Gasteiger partial charge in [0.2, 0.25) is 5.91 Å². The summed E-state index contributed by atoms with van der Waals surface area (Å²) in [6.07, 6.45) is 0.359. The molecule has 0 fully saturated rings. The number of rotatable bonds is 5. The fraction of sp³-hybridized carbons (Fsp3) is 0.188. The second-order valence-corrected chi connectivity index (χ2v) is 5.63. The molecule has 0 aromatic heterocycles. The van der Waals surface area contributed by atoms with Crippen molar-refractivity contribution in [3.05, 3.63) is 58.1 Å². The number of carbonyl (C=O) groups is 1. The molecule has 110 valence electrons. The third kappa shape index (κ3) is 5.29. The lowest BCUT2D eigenvalue weighted by Crippen LogP contribution is -2.16. The first-order valence-corrected chi connectivity index (χ1v) is 7.35. The van der Waals surface area contributed by atoms with Crippen LogP contribution < -0.4 is 10.6 Å². The zero-order valence-corrected chi connectivity index (χ0v) is 13.1. The predicted octanol–water partition coefficient (Wildman–Crippen LogP) is 4.74. The summed E-state index contributed by atoms with van der Waals surface area (Å²) >= 11 is 11.8. The van der Waals surface area contributed by atoms with Crippen LogP contribution in [0.15, 0.2) is 42.5 Å². The summed E-state index contributed by atoms with van der Waals surface area (Å²) in [5.74, 6) is -0.0405. The van der Waals surface area contributed by atoms with Crippen LogP contribution >= 0.6 is 23.2 Å². The molecule has 2 rings (SSSR count). The number of benzene rings is 2. The second kappa shape index (κ2) is 7.34. The van der Waals surface area contributed by atoms with Gasteiger partial charge in [0.05, 0.1) is 0 Å². The van der Waals surface area contributed by atoms with E-state index in [9.17, 15) is 4.79 Å². The zero-order valence-electron chi connectivity index (χ0n) is 11.6. The van der Waals surface area contributed by atoms with Crippen molar-refractivity contribution in [2.75, 3.05) is 17.2 Å². The van der Waals surface area contributed by atoms with Crippen molar-refractivity contribution < 1.29 is 4.79 Å². The summed E-state index contributed by atoms with van der Waals surface area (Å²) in [5, 5.41) is 7.11. The summed E-state index contributed by atoms with van der Waals surface area (Å²) in [7, 11) is 0. The van der Waals surface area contributed by atoms with Gasteiger partial charge in [-0.1, -0.05) is 35.3 Å². The first-order valence-electron chi connectivity index (χ1n) is 6.59. The van der Waals surface area contributed by atoms with E-state index < -0.39 is 0 Å². The minimum Gasteiger partial charge on any atom is -0.384 e. The van der Waals surface area contributed by atoms with Gasteiger partial charge in [0, 0.05) is 34.4 Å². The van der Waals surface area contributed by atoms with E-state index in [1.807, 2.05) is 31.2 Å². The van der Waals surface area contributed by atoms with E-state index in [0.717, 1.165) is 16.9 Å². The number of carbonyl (C=O) groups excluding carboxylic acids is 1. The molecule has 2 aromatic rings. The van der Waals surface area contributed by atoms with Crippen LogP contribution in [0.25, 0.3) is 0 Å². The lowest BCUT2D eigenvalue weighted by Gasteiger charge is -2.08. The van der Waals surface area contributed by atoms with Gasteiger partial charge in [0.1, 0.15) is 0 Å². The number of nitrogens with one attached hydrogen (secondary N) is 2. The SMILES string of the molecule is Cc1cccc(NC(=O)CCNc2cc(Cl)cc(Cl)c2)c1. The van der Waals surface area contributed by atoms with Crippen LogP contribution in [-0.2, 0) is 4.79 Å². The molecule has 0 radical (unpaired) electrons. The van der Waals surface area contributed by atoms with E-state index in [1.54, 1.807) is 18.2 Å². The highest BCUT2D eigenvalue weighted by atomic mass is 35.5. The highest BCUT2D eigenvalue weighted by Gasteiger charge is 2.03. The second-order valence-electron chi connectivity index (χ2n) is 4.75. The van der Waals surface area contributed by atoms with Crippen LogP contribution in [0.1, 0.15) is 12.0 Å². The average molecular weight is 323 g/mol. The zero-order chi connectivity index (χ0) is 15.2. The Morgan fingerprint density at radius 3 is 2.43 bits per heavy atom. The van der Waals surface area contributed by atoms with Crippen molar-refractivity contribution in [2.24, 2.45) is 0 Å². The number of halogens is 2. The van der Waals surface area contributed by atoms with Gasteiger partial charge in [0.25, 0.3) is 0 Å². The Morgan fingerprint density at radius 1 is 1.05 bits per heavy atom. The van der Waals surface area contributed by atoms with E-state index >= 15 is 0 Å². The van der Waals surface area contributed by atoms with E-state index in [-0.39, 0.29) is 5.91 Å². The van der Waals surface area contributed by atoms with Crippen LogP contribution in [0.2, 0.25) is 10.0 Å². The first kappa shape index (κ1) is 15.7. The van der Waals surface area contributed by atoms with Crippen molar-refractivity contribution in [2.45, 2.75) is 13.3 Å². The fourth-order valence-electron chi connectivity index (χ4n) is 1.92. The van der Waals surface area contributed by atoms with E-state index in [1.165, 1.54) is 0 Å². The molecule has 21 heavy (non-hydrogen) atoms. The van der Waals surface area contributed by atoms with Crippen LogP contribution in [0.4, 0.5) is 11.4 Å². The van der Waals surface area contributed by atoms with Gasteiger partial charge in [-0.2, -0.15) is 0 Å². The maximum absolute atomic E-state index is 11.8. The number of hydrogen-bond donors (Lipinski definition) is 2. The predicted molar refractivity (Wildman–Crippen MR) is 89.4 cm³/mol. The number of amides is 1. The molecule has 0 saturated heterocycles. The highest BCUT2D eigenvalue weighted by Crippen LogP contribution is 2.22. The van der Waals surface area contributed by atoms with Crippen LogP contribution in [0.5, 0.6) is 0 Å². The van der Waals surface area contributed by atoms with Gasteiger partial charge in [-0.3, -0.25) is 4.79 Å². The molecule has 0 aliphatic carbocycles. The third-order valence-electron chi connectivity index (χ3n) is 2.85. The quantitative estimate of drug-likeness (QED) is 0.834. The van der Waals surface area contributed by atoms with Crippen molar-refractivity contribution in [3.63, 3.8) is 0 Å². The van der Waals surface area contributed by atoms with Gasteiger partial charge in [-0.05, 0) is 42.8 Å². The Hall–Kier alpha value is -1.71. The van der Waals surface area contributed by atoms with Gasteiger partial charge in [-0.25, -0.2) is 0 Å². The van der Waals surface area contributed by atoms with Gasteiger partial charge in [0.15, 0.2) is 0 Å². The van der Waals surface area contributed by atoms with Gasteiger partial charge < -0.3 is 10.6 Å². The Labute approximate surface area is 134 Å². The average Bonchev–Trinajstić information content (AvgIpc) is 2.37. The van der Waals surface area contributed by atoms with Crippen molar-refractivity contribution in [1.82, 2.24) is 0 Å². The number of hydrogen-bond acceptors (Lipinski definition) is 2. The standard InChI is InChI=1S/C16H16Cl2N2O/c1-11-3-2-4-14(7-11)20-16(21)5-6-19-15-9-12(17)8-13(18)10-15/h2-4,7-10,19H,5-6H2,1H3,(H,20,21). The Bertz CT molecular complexity index is 624. The molecular weight excluding hydrogens is 307 g/mol. The molecule has 0 aliphatic rings. The molecule has 2 N–H and O–H groups in total. The summed E-state index contributed by atoms with van der Waals surface area (Å²) in [6, 6.07) is 12.9. The molecule has 3 nitrogen and oxygen atoms in total. The van der Waals surface area contributed by atoms with Crippen molar-refractivity contribution in [1.29, 1.82) is 0 Å². The fourth-order valence-corrected chi connectivity index (χ4v) is 2.45.